The monoisotopic (exact) mass is 150 g/mol. The van der Waals surface area contributed by atoms with E-state index in [1.165, 1.54) is 5.38 Å². The van der Waals surface area contributed by atoms with Crippen molar-refractivity contribution >= 4 is 11.3 Å². The fraction of sp³-hybridized carbons (Fsp3) is 0. The molecule has 0 radical (unpaired) electrons. The maximum Gasteiger partial charge on any atom is 0.145 e. The summed E-state index contributed by atoms with van der Waals surface area (Å²) in [6.07, 6.45) is 0. The lowest BCUT2D eigenvalue weighted by Gasteiger charge is -1.80. The van der Waals surface area contributed by atoms with Crippen LogP contribution in [-0.2, 0) is 0 Å². The Morgan fingerprint density at radius 2 is 2.10 bits per heavy atom. The summed E-state index contributed by atoms with van der Waals surface area (Å²) in [6, 6.07) is 3.54. The molecular formula is C6H2N2OS. The van der Waals surface area contributed by atoms with Crippen molar-refractivity contribution in [2.75, 3.05) is 0 Å². The van der Waals surface area contributed by atoms with Crippen molar-refractivity contribution in [2.45, 2.75) is 0 Å². The van der Waals surface area contributed by atoms with Crippen LogP contribution in [0.25, 0.3) is 0 Å². The number of hydrogen-bond acceptors (Lipinski definition) is 4. The van der Waals surface area contributed by atoms with Crippen LogP contribution in [0, 0.1) is 22.7 Å². The quantitative estimate of drug-likeness (QED) is 0.604. The second kappa shape index (κ2) is 2.38. The highest BCUT2D eigenvalue weighted by Gasteiger charge is 2.08. The van der Waals surface area contributed by atoms with Crippen molar-refractivity contribution < 1.29 is 5.11 Å². The van der Waals surface area contributed by atoms with Gasteiger partial charge in [-0.3, -0.25) is 0 Å². The highest BCUT2D eigenvalue weighted by atomic mass is 32.1. The average molecular weight is 150 g/mol. The third-order valence-electron chi connectivity index (χ3n) is 0.985. The molecule has 4 heteroatoms. The Bertz CT molecular complexity index is 328. The minimum Gasteiger partial charge on any atom is -0.506 e. The molecule has 10 heavy (non-hydrogen) atoms. The minimum atomic E-state index is -0.107. The van der Waals surface area contributed by atoms with E-state index in [1.54, 1.807) is 12.1 Å². The molecule has 1 rings (SSSR count). The zero-order chi connectivity index (χ0) is 7.56. The second-order valence-corrected chi connectivity index (χ2v) is 2.43. The summed E-state index contributed by atoms with van der Waals surface area (Å²) in [7, 11) is 0. The van der Waals surface area contributed by atoms with E-state index in [0.29, 0.717) is 0 Å². The molecule has 1 aromatic heterocycles. The fourth-order valence-electron chi connectivity index (χ4n) is 0.539. The summed E-state index contributed by atoms with van der Waals surface area (Å²) in [4.78, 5) is 0.264. The van der Waals surface area contributed by atoms with Crippen molar-refractivity contribution in [3.8, 4) is 17.9 Å². The highest BCUT2D eigenvalue weighted by Crippen LogP contribution is 2.25. The standard InChI is InChI=1S/C6H2N2OS/c7-1-4-5(9)3-10-6(4)2-8/h3,9H. The molecule has 1 N–H and O–H groups in total. The summed E-state index contributed by atoms with van der Waals surface area (Å²) >= 11 is 1.07. The Balaban J connectivity index is 3.34. The molecule has 0 amide bonds. The Hall–Kier alpha value is -1.52. The largest absolute Gasteiger partial charge is 0.506 e. The number of nitrogens with zero attached hydrogens (tertiary/aromatic N) is 2. The van der Waals surface area contributed by atoms with Crippen molar-refractivity contribution in [1.29, 1.82) is 10.5 Å². The first-order valence-electron chi connectivity index (χ1n) is 2.40. The summed E-state index contributed by atoms with van der Waals surface area (Å²) in [5, 5.41) is 27.0. The van der Waals surface area contributed by atoms with Gasteiger partial charge in [0.2, 0.25) is 0 Å². The van der Waals surface area contributed by atoms with E-state index in [9.17, 15) is 0 Å². The first kappa shape index (κ1) is 6.60. The van der Waals surface area contributed by atoms with Crippen LogP contribution in [0.15, 0.2) is 5.38 Å². The molecule has 3 nitrogen and oxygen atoms in total. The molecule has 0 bridgehead atoms. The second-order valence-electron chi connectivity index (χ2n) is 1.55. The molecule has 0 saturated heterocycles. The lowest BCUT2D eigenvalue weighted by Crippen LogP contribution is -1.71. The molecule has 0 aliphatic rings. The highest BCUT2D eigenvalue weighted by molar-refractivity contribution is 7.11. The van der Waals surface area contributed by atoms with E-state index >= 15 is 0 Å². The van der Waals surface area contributed by atoms with Gasteiger partial charge in [-0.1, -0.05) is 0 Å². The Kier molecular flexibility index (Phi) is 1.57. The van der Waals surface area contributed by atoms with Gasteiger partial charge in [-0.05, 0) is 0 Å². The number of rotatable bonds is 0. The van der Waals surface area contributed by atoms with Crippen molar-refractivity contribution in [3.05, 3.63) is 15.8 Å². The van der Waals surface area contributed by atoms with E-state index in [1.807, 2.05) is 0 Å². The molecule has 0 unspecified atom stereocenters. The SMILES string of the molecule is N#Cc1scc(O)c1C#N. The maximum absolute atomic E-state index is 8.90. The molecule has 48 valence electrons. The third-order valence-corrected chi connectivity index (χ3v) is 1.86. The lowest BCUT2D eigenvalue weighted by molar-refractivity contribution is 0.476. The molecule has 1 aromatic rings. The van der Waals surface area contributed by atoms with E-state index in [-0.39, 0.29) is 16.2 Å². The number of hydrogen-bond donors (Lipinski definition) is 1. The lowest BCUT2D eigenvalue weighted by atomic mass is 10.3. The van der Waals surface area contributed by atoms with Gasteiger partial charge in [0, 0.05) is 5.38 Å². The molecule has 0 saturated carbocycles. The van der Waals surface area contributed by atoms with Gasteiger partial charge < -0.3 is 5.11 Å². The smallest absolute Gasteiger partial charge is 0.145 e. The number of thiophene rings is 1. The first-order chi connectivity index (χ1) is 4.79. The van der Waals surface area contributed by atoms with Gasteiger partial charge in [0.15, 0.2) is 0 Å². The van der Waals surface area contributed by atoms with Gasteiger partial charge in [0.1, 0.15) is 28.3 Å². The van der Waals surface area contributed by atoms with Crippen molar-refractivity contribution in [1.82, 2.24) is 0 Å². The maximum atomic E-state index is 8.90. The van der Waals surface area contributed by atoms with Crippen molar-refractivity contribution in [3.63, 3.8) is 0 Å². The van der Waals surface area contributed by atoms with E-state index < -0.39 is 0 Å². The van der Waals surface area contributed by atoms with Crippen LogP contribution in [0.5, 0.6) is 5.75 Å². The van der Waals surface area contributed by atoms with Crippen LogP contribution in [0.2, 0.25) is 0 Å². The Morgan fingerprint density at radius 3 is 2.50 bits per heavy atom. The molecule has 0 aliphatic carbocycles. The molecule has 0 aromatic carbocycles. The molecular weight excluding hydrogens is 148 g/mol. The first-order valence-corrected chi connectivity index (χ1v) is 3.28. The van der Waals surface area contributed by atoms with Crippen LogP contribution < -0.4 is 0 Å². The van der Waals surface area contributed by atoms with Crippen LogP contribution >= 0.6 is 11.3 Å². The molecule has 0 atom stereocenters. The van der Waals surface area contributed by atoms with Gasteiger partial charge in [0.25, 0.3) is 0 Å². The topological polar surface area (TPSA) is 67.8 Å². The predicted octanol–water partition coefficient (Wildman–Crippen LogP) is 1.20. The predicted molar refractivity (Wildman–Crippen MR) is 35.4 cm³/mol. The van der Waals surface area contributed by atoms with Crippen LogP contribution in [0.3, 0.4) is 0 Å². The van der Waals surface area contributed by atoms with Crippen molar-refractivity contribution in [2.24, 2.45) is 0 Å². The van der Waals surface area contributed by atoms with Gasteiger partial charge in [-0.25, -0.2) is 0 Å². The van der Waals surface area contributed by atoms with Gasteiger partial charge >= 0.3 is 0 Å². The van der Waals surface area contributed by atoms with Crippen LogP contribution in [0.4, 0.5) is 0 Å². The average Bonchev–Trinajstić information content (AvgIpc) is 2.30. The third kappa shape index (κ3) is 0.812. The number of nitriles is 2. The Morgan fingerprint density at radius 1 is 1.40 bits per heavy atom. The van der Waals surface area contributed by atoms with Gasteiger partial charge in [0.05, 0.1) is 0 Å². The van der Waals surface area contributed by atoms with Gasteiger partial charge in [-0.15, -0.1) is 11.3 Å². The van der Waals surface area contributed by atoms with Crippen LogP contribution in [0.1, 0.15) is 10.4 Å². The van der Waals surface area contributed by atoms with E-state index in [4.69, 9.17) is 15.6 Å². The Labute approximate surface area is 61.4 Å². The zero-order valence-electron chi connectivity index (χ0n) is 4.83. The molecule has 1 heterocycles. The summed E-state index contributed by atoms with van der Waals surface area (Å²) in [5.41, 5.74) is 0.0764. The summed E-state index contributed by atoms with van der Waals surface area (Å²) < 4.78 is 0. The minimum absolute atomic E-state index is 0.0764. The summed E-state index contributed by atoms with van der Waals surface area (Å²) in [5.74, 6) is -0.107. The normalized spacial score (nSPS) is 8.20. The molecule has 0 spiro atoms. The number of aromatic hydroxyl groups is 1. The van der Waals surface area contributed by atoms with E-state index in [0.717, 1.165) is 11.3 Å². The zero-order valence-corrected chi connectivity index (χ0v) is 5.64. The molecule has 0 fully saturated rings. The van der Waals surface area contributed by atoms with Gasteiger partial charge in [-0.2, -0.15) is 10.5 Å². The summed E-state index contributed by atoms with van der Waals surface area (Å²) in [6.45, 7) is 0. The molecule has 0 aliphatic heterocycles. The van der Waals surface area contributed by atoms with Crippen LogP contribution in [-0.4, -0.2) is 5.11 Å². The fourth-order valence-corrected chi connectivity index (χ4v) is 1.21. The van der Waals surface area contributed by atoms with E-state index in [2.05, 4.69) is 0 Å².